The standard InChI is InChI=1S/C28H39N7O4P2/c1-17-18(2)32-40(37,31-17)28(41(38)33-19(3)20(4)34-41)27-25(39-6)16-22-15-21(10-11-23(22)30-27)24(36)12-14-35(5)26-9-7-8-13-29-26/h7-11,13,15-20,28H,12,14H2,1-6H3,(H2,31,32,37)(H2,33,34,38)/t17-,18-,19-,20-/m0/s1. The van der Waals surface area contributed by atoms with Gasteiger partial charge in [0.2, 0.25) is 14.9 Å². The lowest BCUT2D eigenvalue weighted by Crippen LogP contribution is -2.26. The maximum atomic E-state index is 14.5. The van der Waals surface area contributed by atoms with Crippen LogP contribution in [-0.4, -0.2) is 60.6 Å². The fourth-order valence-electron chi connectivity index (χ4n) is 5.39. The van der Waals surface area contributed by atoms with E-state index < -0.39 is 20.3 Å². The van der Waals surface area contributed by atoms with Crippen LogP contribution in [0.1, 0.15) is 55.6 Å². The van der Waals surface area contributed by atoms with Crippen LogP contribution in [0.4, 0.5) is 5.82 Å². The van der Waals surface area contributed by atoms with Crippen molar-refractivity contribution in [3.8, 4) is 5.75 Å². The van der Waals surface area contributed by atoms with Crippen molar-refractivity contribution in [3.63, 3.8) is 0 Å². The summed E-state index contributed by atoms with van der Waals surface area (Å²) in [6, 6.07) is 12.4. The van der Waals surface area contributed by atoms with E-state index in [4.69, 9.17) is 9.72 Å². The number of nitrogens with one attached hydrogen (secondary N) is 4. The molecule has 4 N–H and O–H groups in total. The summed E-state index contributed by atoms with van der Waals surface area (Å²) in [7, 11) is -3.51. The predicted octanol–water partition coefficient (Wildman–Crippen LogP) is 4.67. The van der Waals surface area contributed by atoms with Crippen LogP contribution in [0.15, 0.2) is 48.7 Å². The van der Waals surface area contributed by atoms with E-state index in [1.807, 2.05) is 57.8 Å². The number of carbonyl (C=O) groups is 1. The molecule has 0 bridgehead atoms. The van der Waals surface area contributed by atoms with Gasteiger partial charge in [-0.15, -0.1) is 0 Å². The average molecular weight is 600 g/mol. The number of aromatic nitrogens is 2. The molecule has 0 radical (unpaired) electrons. The number of pyridine rings is 2. The smallest absolute Gasteiger partial charge is 0.230 e. The number of ether oxygens (including phenoxy) is 1. The fraction of sp³-hybridized carbons (Fsp3) is 0.464. The summed E-state index contributed by atoms with van der Waals surface area (Å²) in [4.78, 5) is 24.3. The third-order valence-electron chi connectivity index (χ3n) is 8.08. The van der Waals surface area contributed by atoms with Gasteiger partial charge < -0.3 is 9.64 Å². The van der Waals surface area contributed by atoms with Crippen LogP contribution in [0.5, 0.6) is 5.75 Å². The molecule has 2 aliphatic heterocycles. The van der Waals surface area contributed by atoms with Crippen LogP contribution in [-0.2, 0) is 9.13 Å². The molecule has 5 rings (SSSR count). The van der Waals surface area contributed by atoms with Gasteiger partial charge >= 0.3 is 0 Å². The normalized spacial score (nSPS) is 25.0. The van der Waals surface area contributed by atoms with Gasteiger partial charge in [-0.3, -0.25) is 13.9 Å². The van der Waals surface area contributed by atoms with Crippen LogP contribution < -0.4 is 30.0 Å². The number of Topliss-reactive ketones (excluding diaryl/α,β-unsaturated/α-hetero) is 1. The summed E-state index contributed by atoms with van der Waals surface area (Å²) in [6.07, 6.45) is 2.04. The number of fused-ring (bicyclic) bond motifs is 1. The number of rotatable bonds is 9. The molecule has 2 aliphatic rings. The Kier molecular flexibility index (Phi) is 8.41. The van der Waals surface area contributed by atoms with Crippen molar-refractivity contribution < 1.29 is 18.7 Å². The number of nitrogens with zero attached hydrogens (tertiary/aromatic N) is 3. The zero-order valence-corrected chi connectivity index (χ0v) is 26.1. The molecular weight excluding hydrogens is 560 g/mol. The Bertz CT molecular complexity index is 1470. The maximum Gasteiger partial charge on any atom is 0.230 e. The van der Waals surface area contributed by atoms with Gasteiger partial charge in [-0.25, -0.2) is 30.3 Å². The minimum absolute atomic E-state index is 0.00543. The van der Waals surface area contributed by atoms with Gasteiger partial charge in [0.25, 0.3) is 0 Å². The molecule has 0 aliphatic carbocycles. The van der Waals surface area contributed by atoms with Crippen LogP contribution in [0.3, 0.4) is 0 Å². The molecular formula is C28H39N7O4P2. The maximum absolute atomic E-state index is 14.5. The first-order valence-corrected chi connectivity index (χ1v) is 17.4. The van der Waals surface area contributed by atoms with Gasteiger partial charge in [0.1, 0.15) is 17.3 Å². The van der Waals surface area contributed by atoms with E-state index in [2.05, 4.69) is 25.3 Å². The molecule has 3 aromatic rings. The minimum atomic E-state index is -3.46. The number of ketones is 1. The predicted molar refractivity (Wildman–Crippen MR) is 163 cm³/mol. The van der Waals surface area contributed by atoms with E-state index in [1.54, 1.807) is 30.5 Å². The van der Waals surface area contributed by atoms with Crippen molar-refractivity contribution >= 4 is 37.4 Å². The van der Waals surface area contributed by atoms with Crippen molar-refractivity contribution in [2.75, 3.05) is 25.6 Å². The highest BCUT2D eigenvalue weighted by Crippen LogP contribution is 2.73. The molecule has 220 valence electrons. The van der Waals surface area contributed by atoms with Gasteiger partial charge in [-0.1, -0.05) is 6.07 Å². The average Bonchev–Trinajstić information content (AvgIpc) is 3.37. The molecule has 0 saturated carbocycles. The first-order chi connectivity index (χ1) is 19.4. The van der Waals surface area contributed by atoms with E-state index in [-0.39, 0.29) is 30.0 Å². The molecule has 2 aromatic heterocycles. The summed E-state index contributed by atoms with van der Waals surface area (Å²) in [5, 5.41) is 12.5. The summed E-state index contributed by atoms with van der Waals surface area (Å²) < 4.78 is 34.8. The Morgan fingerprint density at radius 1 is 0.951 bits per heavy atom. The molecule has 0 unspecified atom stereocenters. The fourth-order valence-corrected chi connectivity index (χ4v) is 13.1. The lowest BCUT2D eigenvalue weighted by Gasteiger charge is -2.30. The van der Waals surface area contributed by atoms with E-state index in [0.717, 1.165) is 5.82 Å². The van der Waals surface area contributed by atoms with E-state index in [9.17, 15) is 13.9 Å². The molecule has 0 spiro atoms. The molecule has 0 amide bonds. The summed E-state index contributed by atoms with van der Waals surface area (Å²) in [6.45, 7) is 8.31. The number of carbonyl (C=O) groups excluding carboxylic acids is 1. The van der Waals surface area contributed by atoms with Crippen LogP contribution in [0, 0.1) is 0 Å². The quantitative estimate of drug-likeness (QED) is 0.202. The van der Waals surface area contributed by atoms with Crippen molar-refractivity contribution in [2.45, 2.75) is 63.7 Å². The van der Waals surface area contributed by atoms with Crippen LogP contribution >= 0.6 is 14.9 Å². The lowest BCUT2D eigenvalue weighted by atomic mass is 10.0. The lowest BCUT2D eigenvalue weighted by molar-refractivity contribution is 0.0985. The molecule has 4 atom stereocenters. The molecule has 2 saturated heterocycles. The Hall–Kier alpha value is -2.65. The molecule has 4 heterocycles. The summed E-state index contributed by atoms with van der Waals surface area (Å²) >= 11 is 0. The number of benzene rings is 1. The molecule has 13 heteroatoms. The highest BCUT2D eigenvalue weighted by molar-refractivity contribution is 7.77. The number of hydrogen-bond donors (Lipinski definition) is 4. The van der Waals surface area contributed by atoms with Crippen LogP contribution in [0.2, 0.25) is 0 Å². The topological polar surface area (TPSA) is 138 Å². The first kappa shape index (κ1) is 29.8. The Morgan fingerprint density at radius 3 is 2.10 bits per heavy atom. The van der Waals surface area contributed by atoms with Crippen molar-refractivity contribution in [3.05, 3.63) is 59.9 Å². The second kappa shape index (κ2) is 11.6. The van der Waals surface area contributed by atoms with Gasteiger partial charge in [-0.05, 0) is 64.1 Å². The first-order valence-electron chi connectivity index (χ1n) is 13.9. The van der Waals surface area contributed by atoms with Crippen molar-refractivity contribution in [2.24, 2.45) is 0 Å². The molecule has 1 aromatic carbocycles. The summed E-state index contributed by atoms with van der Waals surface area (Å²) in [5.41, 5.74) is 1.49. The van der Waals surface area contributed by atoms with Crippen LogP contribution in [0.25, 0.3) is 10.9 Å². The molecule has 41 heavy (non-hydrogen) atoms. The van der Waals surface area contributed by atoms with Gasteiger partial charge in [-0.2, -0.15) is 0 Å². The van der Waals surface area contributed by atoms with Gasteiger partial charge in [0.15, 0.2) is 11.2 Å². The summed E-state index contributed by atoms with van der Waals surface area (Å²) in [5.74, 6) is 1.16. The van der Waals surface area contributed by atoms with Gasteiger partial charge in [0.05, 0.1) is 12.6 Å². The minimum Gasteiger partial charge on any atom is -0.495 e. The number of hydrogen-bond acceptors (Lipinski definition) is 7. The second-order valence-electron chi connectivity index (χ2n) is 11.1. The van der Waals surface area contributed by atoms with E-state index in [0.29, 0.717) is 40.9 Å². The monoisotopic (exact) mass is 599 g/mol. The Morgan fingerprint density at radius 2 is 1.56 bits per heavy atom. The Labute approximate surface area is 241 Å². The highest BCUT2D eigenvalue weighted by atomic mass is 31.2. The second-order valence-corrected chi connectivity index (χ2v) is 16.2. The zero-order valence-electron chi connectivity index (χ0n) is 24.3. The molecule has 11 nitrogen and oxygen atoms in total. The largest absolute Gasteiger partial charge is 0.495 e. The number of methoxy groups -OCH3 is 1. The zero-order chi connectivity index (χ0) is 29.5. The van der Waals surface area contributed by atoms with Crippen molar-refractivity contribution in [1.82, 2.24) is 30.3 Å². The Balaban J connectivity index is 1.49. The molecule has 2 fully saturated rings. The third-order valence-corrected chi connectivity index (χ3v) is 15.1. The highest BCUT2D eigenvalue weighted by Gasteiger charge is 2.56. The van der Waals surface area contributed by atoms with Gasteiger partial charge in [0, 0.05) is 61.3 Å². The SMILES string of the molecule is COc1cc2cc(C(=O)CCN(C)c3ccccn3)ccc2nc1C(P1(=O)N[C@@H](C)[C@H](C)N1)P1(=O)N[C@@H](C)[C@H](C)N1. The van der Waals surface area contributed by atoms with E-state index in [1.165, 1.54) is 7.11 Å². The third kappa shape index (κ3) is 5.85. The number of anilines is 1. The van der Waals surface area contributed by atoms with E-state index >= 15 is 0 Å². The van der Waals surface area contributed by atoms with Crippen molar-refractivity contribution in [1.29, 1.82) is 0 Å².